The summed E-state index contributed by atoms with van der Waals surface area (Å²) in [6.07, 6.45) is 1.10. The topological polar surface area (TPSA) is 3.24 Å². The van der Waals surface area contributed by atoms with Crippen molar-refractivity contribution >= 4 is 11.6 Å². The molecule has 1 saturated heterocycles. The summed E-state index contributed by atoms with van der Waals surface area (Å²) >= 11 is 5.50. The molecule has 10 heavy (non-hydrogen) atoms. The predicted molar refractivity (Wildman–Crippen MR) is 41.3 cm³/mol. The van der Waals surface area contributed by atoms with Crippen LogP contribution in [-0.4, -0.2) is 36.6 Å². The van der Waals surface area contributed by atoms with Gasteiger partial charge in [-0.15, -0.1) is 11.6 Å². The maximum atomic E-state index is 12.5. The highest BCUT2D eigenvalue weighted by Crippen LogP contribution is 2.11. The van der Waals surface area contributed by atoms with E-state index in [2.05, 4.69) is 4.90 Å². The Hall–Kier alpha value is 0.180. The summed E-state index contributed by atoms with van der Waals surface area (Å²) in [7, 11) is 0. The van der Waals surface area contributed by atoms with E-state index >= 15 is 0 Å². The molecule has 1 nitrogen and oxygen atoms in total. The minimum atomic E-state index is -0.588. The minimum absolute atomic E-state index is 0.588. The van der Waals surface area contributed by atoms with Gasteiger partial charge in [0.2, 0.25) is 0 Å². The monoisotopic (exact) mass is 165 g/mol. The minimum Gasteiger partial charge on any atom is -0.300 e. The third kappa shape index (κ3) is 2.43. The van der Waals surface area contributed by atoms with Crippen molar-refractivity contribution in [1.29, 1.82) is 0 Å². The van der Waals surface area contributed by atoms with Crippen LogP contribution in [0.5, 0.6) is 0 Å². The Balaban J connectivity index is 2.06. The van der Waals surface area contributed by atoms with Crippen LogP contribution in [0.15, 0.2) is 0 Å². The van der Waals surface area contributed by atoms with Gasteiger partial charge < -0.3 is 4.90 Å². The molecular weight excluding hydrogens is 153 g/mol. The van der Waals surface area contributed by atoms with Crippen molar-refractivity contribution in [1.82, 2.24) is 4.90 Å². The number of rotatable bonds is 3. The first kappa shape index (κ1) is 8.28. The summed E-state index contributed by atoms with van der Waals surface area (Å²) in [5.74, 6) is 0.688. The van der Waals surface area contributed by atoms with Crippen LogP contribution in [0, 0.1) is 0 Å². The van der Waals surface area contributed by atoms with Crippen molar-refractivity contribution in [3.05, 3.63) is 0 Å². The van der Waals surface area contributed by atoms with Crippen molar-refractivity contribution in [2.24, 2.45) is 0 Å². The van der Waals surface area contributed by atoms with Gasteiger partial charge in [0, 0.05) is 19.0 Å². The lowest BCUT2D eigenvalue weighted by atomic mass is 10.3. The normalized spacial score (nSPS) is 27.6. The predicted octanol–water partition coefficient (Wildman–Crippen LogP) is 1.66. The summed E-state index contributed by atoms with van der Waals surface area (Å²) in [4.78, 5) is 2.13. The highest BCUT2D eigenvalue weighted by atomic mass is 35.5. The lowest BCUT2D eigenvalue weighted by Gasteiger charge is -2.12. The van der Waals surface area contributed by atoms with Gasteiger partial charge in [-0.1, -0.05) is 0 Å². The quantitative estimate of drug-likeness (QED) is 0.575. The second-order valence-electron chi connectivity index (χ2n) is 2.73. The Labute approximate surface area is 66.2 Å². The van der Waals surface area contributed by atoms with Crippen LogP contribution in [0.4, 0.5) is 4.39 Å². The van der Waals surface area contributed by atoms with Gasteiger partial charge in [0.15, 0.2) is 0 Å². The van der Waals surface area contributed by atoms with Crippen LogP contribution in [0.1, 0.15) is 12.8 Å². The molecule has 0 saturated carbocycles. The van der Waals surface area contributed by atoms with Gasteiger partial charge in [-0.25, -0.2) is 4.39 Å². The summed E-state index contributed by atoms with van der Waals surface area (Å²) in [5, 5.41) is 0. The first-order valence-electron chi connectivity index (χ1n) is 3.75. The molecule has 3 heteroatoms. The molecule has 0 N–H and O–H groups in total. The molecule has 1 heterocycles. The van der Waals surface area contributed by atoms with Gasteiger partial charge in [0.25, 0.3) is 0 Å². The summed E-state index contributed by atoms with van der Waals surface area (Å²) in [6.45, 7) is 2.50. The number of alkyl halides is 2. The standard InChI is InChI=1S/C7H13ClFN/c8-3-1-4-10-5-2-7(9)6-10/h7H,1-6H2/t7-/m1/s1. The van der Waals surface area contributed by atoms with Gasteiger partial charge in [-0.2, -0.15) is 0 Å². The summed E-state index contributed by atoms with van der Waals surface area (Å²) in [6, 6.07) is 0. The zero-order valence-corrected chi connectivity index (χ0v) is 6.78. The van der Waals surface area contributed by atoms with Crippen molar-refractivity contribution in [2.45, 2.75) is 19.0 Å². The molecule has 1 atom stereocenters. The highest BCUT2D eigenvalue weighted by Gasteiger charge is 2.20. The number of likely N-dealkylation sites (tertiary alicyclic amines) is 1. The lowest BCUT2D eigenvalue weighted by Crippen LogP contribution is -2.22. The molecule has 0 aromatic carbocycles. The van der Waals surface area contributed by atoms with Crippen LogP contribution in [0.2, 0.25) is 0 Å². The Morgan fingerprint density at radius 2 is 2.40 bits per heavy atom. The smallest absolute Gasteiger partial charge is 0.114 e. The fourth-order valence-electron chi connectivity index (χ4n) is 1.27. The molecule has 1 aliphatic rings. The largest absolute Gasteiger partial charge is 0.300 e. The van der Waals surface area contributed by atoms with E-state index in [1.54, 1.807) is 0 Å². The molecule has 1 rings (SSSR count). The van der Waals surface area contributed by atoms with E-state index in [1.165, 1.54) is 0 Å². The number of nitrogens with zero attached hydrogens (tertiary/aromatic N) is 1. The molecule has 1 fully saturated rings. The average molecular weight is 166 g/mol. The van der Waals surface area contributed by atoms with Crippen molar-refractivity contribution in [3.63, 3.8) is 0 Å². The molecule has 0 aromatic rings. The first-order chi connectivity index (χ1) is 4.83. The summed E-state index contributed by atoms with van der Waals surface area (Å²) in [5.41, 5.74) is 0. The van der Waals surface area contributed by atoms with Gasteiger partial charge >= 0.3 is 0 Å². The molecule has 0 bridgehead atoms. The Morgan fingerprint density at radius 3 is 2.90 bits per heavy atom. The number of halogens is 2. The third-order valence-electron chi connectivity index (χ3n) is 1.82. The molecule has 0 amide bonds. The maximum Gasteiger partial charge on any atom is 0.114 e. The molecular formula is C7H13ClFN. The Morgan fingerprint density at radius 1 is 1.60 bits per heavy atom. The van der Waals surface area contributed by atoms with Crippen molar-refractivity contribution in [2.75, 3.05) is 25.5 Å². The fourth-order valence-corrected chi connectivity index (χ4v) is 1.39. The molecule has 0 spiro atoms. The molecule has 0 radical (unpaired) electrons. The van der Waals surface area contributed by atoms with Gasteiger partial charge in [-0.3, -0.25) is 0 Å². The second kappa shape index (κ2) is 4.14. The summed E-state index contributed by atoms with van der Waals surface area (Å²) < 4.78 is 12.5. The van der Waals surface area contributed by atoms with Crippen LogP contribution in [0.25, 0.3) is 0 Å². The van der Waals surface area contributed by atoms with Gasteiger partial charge in [0.1, 0.15) is 6.17 Å². The Bertz CT molecular complexity index is 99.6. The Kier molecular flexibility index (Phi) is 3.43. The molecule has 0 unspecified atom stereocenters. The first-order valence-corrected chi connectivity index (χ1v) is 4.29. The van der Waals surface area contributed by atoms with Crippen molar-refractivity contribution in [3.8, 4) is 0 Å². The van der Waals surface area contributed by atoms with Gasteiger partial charge in [0.05, 0.1) is 0 Å². The van der Waals surface area contributed by atoms with E-state index in [4.69, 9.17) is 11.6 Å². The molecule has 1 aliphatic heterocycles. The van der Waals surface area contributed by atoms with Crippen LogP contribution >= 0.6 is 11.6 Å². The zero-order valence-electron chi connectivity index (χ0n) is 6.02. The third-order valence-corrected chi connectivity index (χ3v) is 2.09. The zero-order chi connectivity index (χ0) is 7.40. The van der Waals surface area contributed by atoms with E-state index in [1.807, 2.05) is 0 Å². The van der Waals surface area contributed by atoms with Crippen LogP contribution in [0.3, 0.4) is 0 Å². The van der Waals surface area contributed by atoms with E-state index < -0.39 is 6.17 Å². The van der Waals surface area contributed by atoms with E-state index in [-0.39, 0.29) is 0 Å². The van der Waals surface area contributed by atoms with Crippen molar-refractivity contribution < 1.29 is 4.39 Å². The lowest BCUT2D eigenvalue weighted by molar-refractivity contribution is 0.289. The SMILES string of the molecule is F[C@@H]1CCN(CCCCl)C1. The van der Waals surface area contributed by atoms with Gasteiger partial charge in [-0.05, 0) is 19.4 Å². The fraction of sp³-hybridized carbons (Fsp3) is 1.00. The highest BCUT2D eigenvalue weighted by molar-refractivity contribution is 6.17. The van der Waals surface area contributed by atoms with E-state index in [9.17, 15) is 4.39 Å². The van der Waals surface area contributed by atoms with Crippen LogP contribution in [-0.2, 0) is 0 Å². The average Bonchev–Trinajstić information content (AvgIpc) is 2.31. The molecule has 0 aromatic heterocycles. The van der Waals surface area contributed by atoms with E-state index in [0.29, 0.717) is 18.8 Å². The van der Waals surface area contributed by atoms with E-state index in [0.717, 1.165) is 19.5 Å². The molecule has 0 aliphatic carbocycles. The number of hydrogen-bond donors (Lipinski definition) is 0. The van der Waals surface area contributed by atoms with Crippen LogP contribution < -0.4 is 0 Å². The number of hydrogen-bond acceptors (Lipinski definition) is 1. The second-order valence-corrected chi connectivity index (χ2v) is 3.11. The molecule has 60 valence electrons. The maximum absolute atomic E-state index is 12.5.